The number of hydrogen-bond donors (Lipinski definition) is 1. The van der Waals surface area contributed by atoms with Gasteiger partial charge < -0.3 is 5.11 Å². The van der Waals surface area contributed by atoms with Crippen molar-refractivity contribution in [1.29, 1.82) is 0 Å². The Hall–Kier alpha value is 0.0249. The van der Waals surface area contributed by atoms with Gasteiger partial charge in [-0.15, -0.1) is 0 Å². The van der Waals surface area contributed by atoms with Crippen LogP contribution >= 0.6 is 0 Å². The van der Waals surface area contributed by atoms with Gasteiger partial charge in [-0.1, -0.05) is 81.8 Å². The first-order valence-electron chi connectivity index (χ1n) is 8.78. The molecule has 2 saturated heterocycles. The van der Waals surface area contributed by atoms with Gasteiger partial charge in [-0.3, -0.25) is 0 Å². The molecule has 19 heavy (non-hydrogen) atoms. The Kier molecular flexibility index (Phi) is 4.27. The molecule has 1 N–H and O–H groups in total. The number of fused-ring (bicyclic) bond motifs is 2. The lowest BCUT2D eigenvalue weighted by Gasteiger charge is -2.49. The minimum Gasteiger partial charge on any atom is -0.390 e. The predicted octanol–water partition coefficient (Wildman–Crippen LogP) is 4.87. The molecule has 3 aliphatic rings. The van der Waals surface area contributed by atoms with Gasteiger partial charge in [0.15, 0.2) is 0 Å². The molecule has 0 spiro atoms. The van der Waals surface area contributed by atoms with E-state index >= 15 is 0 Å². The molecule has 0 aromatic carbocycles. The monoisotopic (exact) mass is 261 g/mol. The average molecular weight is 261 g/mol. The molecular formula is C17H30BO. The van der Waals surface area contributed by atoms with E-state index in [1.54, 1.807) is 0 Å². The summed E-state index contributed by atoms with van der Waals surface area (Å²) in [6.07, 6.45) is 18.1. The van der Waals surface area contributed by atoms with Crippen molar-refractivity contribution in [2.45, 2.75) is 107 Å². The van der Waals surface area contributed by atoms with Crippen molar-refractivity contribution >= 4 is 7.28 Å². The molecule has 107 valence electrons. The van der Waals surface area contributed by atoms with E-state index in [1.807, 2.05) is 0 Å². The average Bonchev–Trinajstić information content (AvgIpc) is 2.34. The first kappa shape index (κ1) is 14.0. The maximum atomic E-state index is 11.1. The fourth-order valence-electron chi connectivity index (χ4n) is 5.17. The van der Waals surface area contributed by atoms with E-state index in [1.165, 1.54) is 70.6 Å². The molecule has 0 amide bonds. The molecule has 0 aromatic heterocycles. The second-order valence-corrected chi connectivity index (χ2v) is 7.74. The fourth-order valence-corrected chi connectivity index (χ4v) is 5.17. The van der Waals surface area contributed by atoms with Crippen molar-refractivity contribution in [2.24, 2.45) is 0 Å². The van der Waals surface area contributed by atoms with Gasteiger partial charge in [0.1, 0.15) is 7.28 Å². The van der Waals surface area contributed by atoms with E-state index in [2.05, 4.69) is 7.28 Å². The molecule has 2 heterocycles. The number of aliphatic hydroxyl groups is 1. The smallest absolute Gasteiger partial charge is 0.122 e. The quantitative estimate of drug-likeness (QED) is 0.703. The van der Waals surface area contributed by atoms with Crippen LogP contribution in [0.1, 0.15) is 89.9 Å². The van der Waals surface area contributed by atoms with Crippen molar-refractivity contribution in [3.05, 3.63) is 0 Å². The van der Waals surface area contributed by atoms with Gasteiger partial charge in [-0.2, -0.15) is 0 Å². The summed E-state index contributed by atoms with van der Waals surface area (Å²) >= 11 is 0. The van der Waals surface area contributed by atoms with Gasteiger partial charge in [-0.05, 0) is 19.3 Å². The van der Waals surface area contributed by atoms with Gasteiger partial charge in [0.25, 0.3) is 0 Å². The summed E-state index contributed by atoms with van der Waals surface area (Å²) in [4.78, 5) is 0. The first-order chi connectivity index (χ1) is 9.20. The van der Waals surface area contributed by atoms with Crippen LogP contribution in [0.15, 0.2) is 0 Å². The summed E-state index contributed by atoms with van der Waals surface area (Å²) < 4.78 is 0. The minimum absolute atomic E-state index is 0.337. The van der Waals surface area contributed by atoms with E-state index in [9.17, 15) is 5.11 Å². The summed E-state index contributed by atoms with van der Waals surface area (Å²) in [5, 5.41) is 11.5. The molecule has 3 fully saturated rings. The third-order valence-electron chi connectivity index (χ3n) is 6.05. The Morgan fingerprint density at radius 1 is 0.789 bits per heavy atom. The Morgan fingerprint density at radius 2 is 1.37 bits per heavy atom. The maximum absolute atomic E-state index is 11.1. The molecule has 0 aromatic rings. The van der Waals surface area contributed by atoms with Crippen molar-refractivity contribution < 1.29 is 5.11 Å². The van der Waals surface area contributed by atoms with Crippen molar-refractivity contribution in [3.63, 3.8) is 0 Å². The zero-order valence-electron chi connectivity index (χ0n) is 12.5. The lowest BCUT2D eigenvalue weighted by molar-refractivity contribution is -0.0105. The molecule has 3 rings (SSSR count). The van der Waals surface area contributed by atoms with E-state index in [0.29, 0.717) is 5.31 Å². The molecule has 1 saturated carbocycles. The highest BCUT2D eigenvalue weighted by molar-refractivity contribution is 6.42. The van der Waals surface area contributed by atoms with Gasteiger partial charge in [0.2, 0.25) is 0 Å². The number of hydrogen-bond acceptors (Lipinski definition) is 1. The summed E-state index contributed by atoms with van der Waals surface area (Å²) in [7, 11) is 2.68. The molecule has 1 aliphatic carbocycles. The SMILES string of the molecule is OC1(CC23[B]C(CCC2)CCC3)CCCCCCC1. The van der Waals surface area contributed by atoms with E-state index < -0.39 is 0 Å². The van der Waals surface area contributed by atoms with Crippen LogP contribution in [0.3, 0.4) is 0 Å². The second-order valence-electron chi connectivity index (χ2n) is 7.74. The molecular weight excluding hydrogens is 231 g/mol. The van der Waals surface area contributed by atoms with Crippen molar-refractivity contribution in [2.75, 3.05) is 0 Å². The van der Waals surface area contributed by atoms with Crippen LogP contribution in [-0.4, -0.2) is 18.0 Å². The molecule has 2 aliphatic heterocycles. The van der Waals surface area contributed by atoms with Gasteiger partial charge in [-0.25, -0.2) is 0 Å². The van der Waals surface area contributed by atoms with E-state index in [-0.39, 0.29) is 5.60 Å². The Labute approximate surface area is 119 Å². The van der Waals surface area contributed by atoms with Crippen LogP contribution in [-0.2, 0) is 0 Å². The van der Waals surface area contributed by atoms with Gasteiger partial charge in [0.05, 0.1) is 5.60 Å². The molecule has 2 heteroatoms. The highest BCUT2D eigenvalue weighted by Gasteiger charge is 2.44. The van der Waals surface area contributed by atoms with Crippen LogP contribution in [0.2, 0.25) is 11.1 Å². The minimum atomic E-state index is -0.337. The Balaban J connectivity index is 1.67. The lowest BCUT2D eigenvalue weighted by Crippen LogP contribution is -2.41. The predicted molar refractivity (Wildman–Crippen MR) is 81.8 cm³/mol. The third-order valence-corrected chi connectivity index (χ3v) is 6.05. The van der Waals surface area contributed by atoms with E-state index in [4.69, 9.17) is 0 Å². The van der Waals surface area contributed by atoms with Crippen LogP contribution in [0.4, 0.5) is 0 Å². The third kappa shape index (κ3) is 3.38. The normalized spacial score (nSPS) is 38.9. The van der Waals surface area contributed by atoms with Gasteiger partial charge in [0, 0.05) is 0 Å². The zero-order valence-corrected chi connectivity index (χ0v) is 12.5. The maximum Gasteiger partial charge on any atom is 0.122 e. The largest absolute Gasteiger partial charge is 0.390 e. The summed E-state index contributed by atoms with van der Waals surface area (Å²) in [5.41, 5.74) is -0.337. The first-order valence-corrected chi connectivity index (χ1v) is 8.78. The number of rotatable bonds is 2. The molecule has 0 atom stereocenters. The highest BCUT2D eigenvalue weighted by Crippen LogP contribution is 2.56. The molecule has 2 bridgehead atoms. The van der Waals surface area contributed by atoms with Gasteiger partial charge >= 0.3 is 0 Å². The topological polar surface area (TPSA) is 20.2 Å². The van der Waals surface area contributed by atoms with E-state index in [0.717, 1.165) is 25.1 Å². The molecule has 1 radical (unpaired) electrons. The molecule has 1 nitrogen and oxygen atoms in total. The summed E-state index contributed by atoms with van der Waals surface area (Å²) in [5.74, 6) is 0.875. The van der Waals surface area contributed by atoms with Crippen LogP contribution in [0.5, 0.6) is 0 Å². The van der Waals surface area contributed by atoms with Crippen LogP contribution in [0.25, 0.3) is 0 Å². The van der Waals surface area contributed by atoms with Crippen LogP contribution in [0, 0.1) is 0 Å². The Bertz CT molecular complexity index is 284. The standard InChI is InChI=1S/C17H30BO/c19-17(12-4-2-1-3-5-13-17)14-16-10-6-8-15(18-16)9-7-11-16/h15,19H,1-14H2. The fraction of sp³-hybridized carbons (Fsp3) is 1.00. The van der Waals surface area contributed by atoms with Crippen molar-refractivity contribution in [3.8, 4) is 0 Å². The van der Waals surface area contributed by atoms with Crippen LogP contribution < -0.4 is 0 Å². The Morgan fingerprint density at radius 3 is 2.00 bits per heavy atom. The highest BCUT2D eigenvalue weighted by atomic mass is 16.3. The van der Waals surface area contributed by atoms with Crippen molar-refractivity contribution in [1.82, 2.24) is 0 Å². The zero-order chi connectivity index (χ0) is 13.2. The molecule has 0 unspecified atom stereocenters. The lowest BCUT2D eigenvalue weighted by atomic mass is 9.34. The summed E-state index contributed by atoms with van der Waals surface area (Å²) in [6, 6.07) is 0. The second kappa shape index (κ2) is 5.80. The summed E-state index contributed by atoms with van der Waals surface area (Å²) in [6.45, 7) is 0.